The van der Waals surface area contributed by atoms with Crippen LogP contribution in [-0.2, 0) is 4.74 Å². The molecule has 0 aromatic heterocycles. The van der Waals surface area contributed by atoms with Gasteiger partial charge in [-0.2, -0.15) is 0 Å². The van der Waals surface area contributed by atoms with Crippen molar-refractivity contribution in [2.45, 2.75) is 117 Å². The van der Waals surface area contributed by atoms with Crippen LogP contribution in [0.2, 0.25) is 0 Å². The van der Waals surface area contributed by atoms with Crippen LogP contribution in [0.25, 0.3) is 0 Å². The van der Waals surface area contributed by atoms with Crippen LogP contribution >= 0.6 is 0 Å². The summed E-state index contributed by atoms with van der Waals surface area (Å²) in [6.45, 7) is 11.4. The van der Waals surface area contributed by atoms with E-state index in [1.807, 2.05) is 0 Å². The molecule has 1 aliphatic heterocycles. The van der Waals surface area contributed by atoms with Gasteiger partial charge in [0.25, 0.3) is 0 Å². The lowest BCUT2D eigenvalue weighted by atomic mass is 10.1. The Kier molecular flexibility index (Phi) is 21.2. The van der Waals surface area contributed by atoms with Crippen LogP contribution in [-0.4, -0.2) is 56.7 Å². The summed E-state index contributed by atoms with van der Waals surface area (Å²) in [6.07, 6.45) is 26.3. The highest BCUT2D eigenvalue weighted by atomic mass is 16.5. The molecule has 4 heteroatoms. The van der Waals surface area contributed by atoms with Crippen LogP contribution < -0.4 is 5.32 Å². The van der Waals surface area contributed by atoms with Crippen molar-refractivity contribution in [2.24, 2.45) is 4.99 Å². The molecule has 0 aromatic carbocycles. The number of aliphatic imine (C=N–C) groups is 1. The molecule has 0 bridgehead atoms. The van der Waals surface area contributed by atoms with E-state index in [2.05, 4.69) is 36.2 Å². The molecular formula is C28H55N3O. The first-order valence-corrected chi connectivity index (χ1v) is 14.1. The summed E-state index contributed by atoms with van der Waals surface area (Å²) in [5.41, 5.74) is 0. The Balaban J connectivity index is 1.85. The van der Waals surface area contributed by atoms with Crippen molar-refractivity contribution < 1.29 is 4.74 Å². The Labute approximate surface area is 200 Å². The van der Waals surface area contributed by atoms with E-state index in [1.54, 1.807) is 0 Å². The van der Waals surface area contributed by atoms with Crippen molar-refractivity contribution in [1.82, 2.24) is 10.2 Å². The maximum Gasteiger partial charge on any atom is 0.100 e. The van der Waals surface area contributed by atoms with Gasteiger partial charge in [-0.3, -0.25) is 4.99 Å². The molecule has 0 aliphatic carbocycles. The molecule has 0 unspecified atom stereocenters. The summed E-state index contributed by atoms with van der Waals surface area (Å²) >= 11 is 0. The Bertz CT molecular complexity index is 450. The molecule has 1 N–H and O–H groups in total. The first kappa shape index (κ1) is 29.2. The summed E-state index contributed by atoms with van der Waals surface area (Å²) in [4.78, 5) is 7.25. The third-order valence-corrected chi connectivity index (χ3v) is 6.34. The first-order valence-electron chi connectivity index (χ1n) is 14.1. The zero-order valence-electron chi connectivity index (χ0n) is 21.7. The van der Waals surface area contributed by atoms with Crippen LogP contribution in [0.5, 0.6) is 0 Å². The second-order valence-corrected chi connectivity index (χ2v) is 9.27. The Morgan fingerprint density at radius 2 is 1.47 bits per heavy atom. The maximum absolute atomic E-state index is 5.38. The third-order valence-electron chi connectivity index (χ3n) is 6.34. The van der Waals surface area contributed by atoms with Gasteiger partial charge >= 0.3 is 0 Å². The molecule has 1 aliphatic rings. The first-order chi connectivity index (χ1) is 15.9. The van der Waals surface area contributed by atoms with Gasteiger partial charge in [0.2, 0.25) is 0 Å². The molecule has 0 radical (unpaired) electrons. The summed E-state index contributed by atoms with van der Waals surface area (Å²) in [7, 11) is 0. The Morgan fingerprint density at radius 3 is 2.16 bits per heavy atom. The Hall–Kier alpha value is -0.870. The molecule has 0 amide bonds. The molecule has 0 atom stereocenters. The van der Waals surface area contributed by atoms with Crippen molar-refractivity contribution in [3.8, 4) is 0 Å². The van der Waals surface area contributed by atoms with Crippen molar-refractivity contribution in [2.75, 3.05) is 45.9 Å². The minimum Gasteiger partial charge on any atom is -0.382 e. The minimum atomic E-state index is 0.822. The number of ether oxygens (including phenoxy) is 1. The third kappa shape index (κ3) is 17.7. The van der Waals surface area contributed by atoms with E-state index < -0.39 is 0 Å². The molecule has 32 heavy (non-hydrogen) atoms. The second kappa shape index (κ2) is 23.3. The van der Waals surface area contributed by atoms with Gasteiger partial charge in [-0.05, 0) is 52.0 Å². The number of hydrogen-bond donors (Lipinski definition) is 1. The number of hydrogen-bond acceptors (Lipinski definition) is 4. The predicted molar refractivity (Wildman–Crippen MR) is 142 cm³/mol. The highest BCUT2D eigenvalue weighted by Gasteiger charge is 2.15. The Morgan fingerprint density at radius 1 is 0.812 bits per heavy atom. The van der Waals surface area contributed by atoms with E-state index >= 15 is 0 Å². The lowest BCUT2D eigenvalue weighted by Crippen LogP contribution is -2.31. The van der Waals surface area contributed by atoms with Crippen molar-refractivity contribution >= 4 is 5.84 Å². The van der Waals surface area contributed by atoms with E-state index in [9.17, 15) is 0 Å². The molecule has 0 saturated heterocycles. The molecule has 188 valence electrons. The highest BCUT2D eigenvalue weighted by molar-refractivity contribution is 5.83. The summed E-state index contributed by atoms with van der Waals surface area (Å²) < 4.78 is 5.38. The lowest BCUT2D eigenvalue weighted by Gasteiger charge is -2.20. The van der Waals surface area contributed by atoms with Gasteiger partial charge in [0, 0.05) is 39.3 Å². The molecular weight excluding hydrogens is 394 g/mol. The SMILES string of the molecule is CCCCCCCC/C=C\CCCCCCCCN1CCN=C1CCNCCCOCC. The zero-order valence-corrected chi connectivity index (χ0v) is 21.7. The van der Waals surface area contributed by atoms with Crippen LogP contribution in [0.4, 0.5) is 0 Å². The largest absolute Gasteiger partial charge is 0.382 e. The standard InChI is InChI=1S/C28H55N3O/c1-3-5-6-7-8-9-10-11-12-13-14-15-16-17-18-19-25-31-26-24-30-28(31)21-23-29-22-20-27-32-4-2/h11-12,29H,3-10,13-27H2,1-2H3/b12-11-. The molecule has 4 nitrogen and oxygen atoms in total. The molecule has 0 saturated carbocycles. The molecule has 0 spiro atoms. The highest BCUT2D eigenvalue weighted by Crippen LogP contribution is 2.12. The lowest BCUT2D eigenvalue weighted by molar-refractivity contribution is 0.145. The van der Waals surface area contributed by atoms with Gasteiger partial charge < -0.3 is 15.0 Å². The van der Waals surface area contributed by atoms with E-state index in [4.69, 9.17) is 9.73 Å². The van der Waals surface area contributed by atoms with Gasteiger partial charge in [0.05, 0.1) is 6.54 Å². The summed E-state index contributed by atoms with van der Waals surface area (Å²) in [6, 6.07) is 0. The van der Waals surface area contributed by atoms with Crippen LogP contribution in [0.15, 0.2) is 17.1 Å². The van der Waals surface area contributed by atoms with E-state index in [0.717, 1.165) is 52.2 Å². The van der Waals surface area contributed by atoms with E-state index in [1.165, 1.54) is 102 Å². The zero-order chi connectivity index (χ0) is 23.0. The fraction of sp³-hybridized carbons (Fsp3) is 0.893. The average molecular weight is 450 g/mol. The minimum absolute atomic E-state index is 0.822. The van der Waals surface area contributed by atoms with Crippen LogP contribution in [0.3, 0.4) is 0 Å². The fourth-order valence-corrected chi connectivity index (χ4v) is 4.33. The number of allylic oxidation sites excluding steroid dienone is 2. The second-order valence-electron chi connectivity index (χ2n) is 9.27. The molecule has 0 aromatic rings. The fourth-order valence-electron chi connectivity index (χ4n) is 4.33. The number of nitrogens with one attached hydrogen (secondary N) is 1. The van der Waals surface area contributed by atoms with Crippen molar-refractivity contribution in [1.29, 1.82) is 0 Å². The molecule has 0 fully saturated rings. The monoisotopic (exact) mass is 449 g/mol. The van der Waals surface area contributed by atoms with Gasteiger partial charge in [-0.25, -0.2) is 0 Å². The van der Waals surface area contributed by atoms with Gasteiger partial charge in [0.15, 0.2) is 0 Å². The number of nitrogens with zero attached hydrogens (tertiary/aromatic N) is 2. The number of rotatable bonds is 24. The number of unbranched alkanes of at least 4 members (excludes halogenated alkanes) is 12. The maximum atomic E-state index is 5.38. The van der Waals surface area contributed by atoms with Crippen LogP contribution in [0, 0.1) is 0 Å². The smallest absolute Gasteiger partial charge is 0.100 e. The molecule has 1 heterocycles. The van der Waals surface area contributed by atoms with Gasteiger partial charge in [0.1, 0.15) is 5.84 Å². The molecule has 1 rings (SSSR count). The topological polar surface area (TPSA) is 36.9 Å². The van der Waals surface area contributed by atoms with E-state index in [0.29, 0.717) is 0 Å². The summed E-state index contributed by atoms with van der Waals surface area (Å²) in [5, 5.41) is 3.52. The van der Waals surface area contributed by atoms with Crippen molar-refractivity contribution in [3.63, 3.8) is 0 Å². The van der Waals surface area contributed by atoms with E-state index in [-0.39, 0.29) is 0 Å². The number of amidine groups is 1. The van der Waals surface area contributed by atoms with Gasteiger partial charge in [-0.1, -0.05) is 76.9 Å². The normalized spacial score (nSPS) is 14.1. The van der Waals surface area contributed by atoms with Gasteiger partial charge in [-0.15, -0.1) is 0 Å². The van der Waals surface area contributed by atoms with Crippen LogP contribution in [0.1, 0.15) is 117 Å². The quantitative estimate of drug-likeness (QED) is 0.126. The average Bonchev–Trinajstić information content (AvgIpc) is 3.25. The van der Waals surface area contributed by atoms with Crippen molar-refractivity contribution in [3.05, 3.63) is 12.2 Å². The predicted octanol–water partition coefficient (Wildman–Crippen LogP) is 7.14. The summed E-state index contributed by atoms with van der Waals surface area (Å²) in [5.74, 6) is 1.33.